The Morgan fingerprint density at radius 3 is 2.44 bits per heavy atom. The largest absolute Gasteiger partial charge is 0.250 e. The van der Waals surface area contributed by atoms with Crippen LogP contribution in [0.3, 0.4) is 0 Å². The first kappa shape index (κ1) is 12.1. The van der Waals surface area contributed by atoms with Crippen molar-refractivity contribution in [2.75, 3.05) is 0 Å². The van der Waals surface area contributed by atoms with E-state index in [1.54, 1.807) is 17.5 Å². The molecule has 1 N–H and O–H groups in total. The number of hydrogen-bond donors (Lipinski definition) is 1. The van der Waals surface area contributed by atoms with Gasteiger partial charge in [0.05, 0.1) is 0 Å². The molecule has 3 nitrogen and oxygen atoms in total. The van der Waals surface area contributed by atoms with Gasteiger partial charge in [-0.15, -0.1) is 11.3 Å². The van der Waals surface area contributed by atoms with E-state index in [-0.39, 0.29) is 6.04 Å². The highest BCUT2D eigenvalue weighted by Gasteiger charge is 2.21. The van der Waals surface area contributed by atoms with Crippen molar-refractivity contribution in [3.05, 3.63) is 17.5 Å². The molecule has 0 atom stereocenters. The summed E-state index contributed by atoms with van der Waals surface area (Å²) in [6.45, 7) is 0. The second-order valence-electron chi connectivity index (χ2n) is 4.24. The lowest BCUT2D eigenvalue weighted by Crippen LogP contribution is -2.33. The van der Waals surface area contributed by atoms with Crippen LogP contribution in [-0.2, 0) is 10.0 Å². The summed E-state index contributed by atoms with van der Waals surface area (Å²) >= 11 is 1.27. The summed E-state index contributed by atoms with van der Waals surface area (Å²) in [5, 5.41) is 1.79. The summed E-state index contributed by atoms with van der Waals surface area (Å²) in [7, 11) is -3.26. The topological polar surface area (TPSA) is 46.2 Å². The second-order valence-corrected chi connectivity index (χ2v) is 7.13. The van der Waals surface area contributed by atoms with Crippen molar-refractivity contribution in [1.29, 1.82) is 0 Å². The van der Waals surface area contributed by atoms with Crippen LogP contribution in [-0.4, -0.2) is 14.5 Å². The molecule has 1 fully saturated rings. The Labute approximate surface area is 101 Å². The summed E-state index contributed by atoms with van der Waals surface area (Å²) in [5.74, 6) is 0. The van der Waals surface area contributed by atoms with Gasteiger partial charge in [-0.25, -0.2) is 13.1 Å². The molecule has 0 radical (unpaired) electrons. The summed E-state index contributed by atoms with van der Waals surface area (Å²) in [6, 6.07) is 3.56. The van der Waals surface area contributed by atoms with Gasteiger partial charge in [-0.3, -0.25) is 0 Å². The number of thiophene rings is 1. The van der Waals surface area contributed by atoms with Gasteiger partial charge in [-0.2, -0.15) is 0 Å². The third kappa shape index (κ3) is 3.06. The average molecular weight is 259 g/mol. The molecule has 2 rings (SSSR count). The summed E-state index contributed by atoms with van der Waals surface area (Å²) in [5.41, 5.74) is 0. The predicted molar refractivity (Wildman–Crippen MR) is 66.1 cm³/mol. The zero-order valence-electron chi connectivity index (χ0n) is 9.19. The molecule has 90 valence electrons. The Morgan fingerprint density at radius 1 is 1.19 bits per heavy atom. The molecule has 16 heavy (non-hydrogen) atoms. The van der Waals surface area contributed by atoms with E-state index in [9.17, 15) is 8.42 Å². The van der Waals surface area contributed by atoms with Gasteiger partial charge >= 0.3 is 0 Å². The molecule has 5 heteroatoms. The van der Waals surface area contributed by atoms with Crippen LogP contribution in [0.15, 0.2) is 21.7 Å². The van der Waals surface area contributed by atoms with Crippen molar-refractivity contribution in [1.82, 2.24) is 4.72 Å². The fourth-order valence-corrected chi connectivity index (χ4v) is 4.41. The molecule has 1 aromatic heterocycles. The Kier molecular flexibility index (Phi) is 4.00. The van der Waals surface area contributed by atoms with Gasteiger partial charge < -0.3 is 0 Å². The first-order valence-electron chi connectivity index (χ1n) is 5.74. The average Bonchev–Trinajstić information content (AvgIpc) is 2.67. The summed E-state index contributed by atoms with van der Waals surface area (Å²) in [6.07, 6.45) is 6.69. The number of rotatable bonds is 3. The monoisotopic (exact) mass is 259 g/mol. The fraction of sp³-hybridized carbons (Fsp3) is 0.636. The lowest BCUT2D eigenvalue weighted by molar-refractivity contribution is 0.511. The van der Waals surface area contributed by atoms with E-state index in [4.69, 9.17) is 0 Å². The quantitative estimate of drug-likeness (QED) is 0.848. The first-order chi connectivity index (χ1) is 7.68. The van der Waals surface area contributed by atoms with Crippen LogP contribution < -0.4 is 4.72 Å². The maximum atomic E-state index is 12.0. The molecular weight excluding hydrogens is 242 g/mol. The highest BCUT2D eigenvalue weighted by Crippen LogP contribution is 2.21. The van der Waals surface area contributed by atoms with Crippen LogP contribution in [0.1, 0.15) is 38.5 Å². The van der Waals surface area contributed by atoms with Crippen molar-refractivity contribution in [2.45, 2.75) is 48.8 Å². The van der Waals surface area contributed by atoms with Gasteiger partial charge in [0.1, 0.15) is 4.21 Å². The lowest BCUT2D eigenvalue weighted by Gasteiger charge is -2.15. The third-order valence-corrected chi connectivity index (χ3v) is 5.85. The molecule has 1 aliphatic carbocycles. The first-order valence-corrected chi connectivity index (χ1v) is 8.10. The van der Waals surface area contributed by atoms with Crippen LogP contribution in [0.4, 0.5) is 0 Å². The zero-order valence-corrected chi connectivity index (χ0v) is 10.8. The predicted octanol–water partition coefficient (Wildman–Crippen LogP) is 2.75. The van der Waals surface area contributed by atoms with E-state index in [1.165, 1.54) is 24.2 Å². The van der Waals surface area contributed by atoms with E-state index in [2.05, 4.69) is 4.72 Å². The minimum absolute atomic E-state index is 0.134. The van der Waals surface area contributed by atoms with Gasteiger partial charge in [0, 0.05) is 6.04 Å². The van der Waals surface area contributed by atoms with Crippen LogP contribution >= 0.6 is 11.3 Å². The third-order valence-electron chi connectivity index (χ3n) is 2.94. The number of nitrogens with one attached hydrogen (secondary N) is 1. The molecule has 0 spiro atoms. The zero-order chi connectivity index (χ0) is 11.4. The highest BCUT2D eigenvalue weighted by molar-refractivity contribution is 7.91. The Hall–Kier alpha value is -0.390. The molecule has 0 amide bonds. The van der Waals surface area contributed by atoms with Crippen LogP contribution in [0.2, 0.25) is 0 Å². The van der Waals surface area contributed by atoms with Crippen molar-refractivity contribution in [3.8, 4) is 0 Å². The smallest absolute Gasteiger partial charge is 0.207 e. The van der Waals surface area contributed by atoms with Gasteiger partial charge in [0.2, 0.25) is 10.0 Å². The SMILES string of the molecule is O=S(=O)(NC1CCCCCC1)c1cccs1. The van der Waals surface area contributed by atoms with E-state index < -0.39 is 10.0 Å². The Balaban J connectivity index is 2.03. The molecule has 1 aromatic rings. The fourth-order valence-electron chi connectivity index (χ4n) is 2.09. The molecule has 1 heterocycles. The van der Waals surface area contributed by atoms with Gasteiger partial charge in [0.25, 0.3) is 0 Å². The van der Waals surface area contributed by atoms with E-state index in [1.807, 2.05) is 0 Å². The molecule has 0 bridgehead atoms. The van der Waals surface area contributed by atoms with E-state index in [0.717, 1.165) is 25.7 Å². The maximum Gasteiger partial charge on any atom is 0.250 e. The van der Waals surface area contributed by atoms with Crippen molar-refractivity contribution < 1.29 is 8.42 Å². The molecule has 0 saturated heterocycles. The Bertz CT molecular complexity index is 403. The van der Waals surface area contributed by atoms with Crippen molar-refractivity contribution in [2.24, 2.45) is 0 Å². The number of sulfonamides is 1. The van der Waals surface area contributed by atoms with Gasteiger partial charge in [-0.05, 0) is 24.3 Å². The van der Waals surface area contributed by atoms with Crippen LogP contribution in [0.5, 0.6) is 0 Å². The highest BCUT2D eigenvalue weighted by atomic mass is 32.2. The van der Waals surface area contributed by atoms with Crippen LogP contribution in [0, 0.1) is 0 Å². The standard InChI is InChI=1S/C11H17NO2S2/c13-16(14,11-8-5-9-15-11)12-10-6-3-1-2-4-7-10/h5,8-10,12H,1-4,6-7H2. The van der Waals surface area contributed by atoms with Crippen molar-refractivity contribution in [3.63, 3.8) is 0 Å². The molecule has 1 saturated carbocycles. The van der Waals surface area contributed by atoms with Gasteiger partial charge in [0.15, 0.2) is 0 Å². The minimum atomic E-state index is -3.26. The van der Waals surface area contributed by atoms with Crippen LogP contribution in [0.25, 0.3) is 0 Å². The van der Waals surface area contributed by atoms with E-state index in [0.29, 0.717) is 4.21 Å². The maximum absolute atomic E-state index is 12.0. The summed E-state index contributed by atoms with van der Waals surface area (Å²) in [4.78, 5) is 0. The normalized spacial score (nSPS) is 19.5. The summed E-state index contributed by atoms with van der Waals surface area (Å²) < 4.78 is 27.2. The molecule has 0 aromatic carbocycles. The molecule has 0 unspecified atom stereocenters. The molecule has 0 aliphatic heterocycles. The van der Waals surface area contributed by atoms with Gasteiger partial charge in [-0.1, -0.05) is 31.7 Å². The van der Waals surface area contributed by atoms with E-state index >= 15 is 0 Å². The Morgan fingerprint density at radius 2 is 1.88 bits per heavy atom. The second kappa shape index (κ2) is 5.29. The molecule has 1 aliphatic rings. The number of hydrogen-bond acceptors (Lipinski definition) is 3. The van der Waals surface area contributed by atoms with Crippen molar-refractivity contribution >= 4 is 21.4 Å². The minimum Gasteiger partial charge on any atom is -0.207 e. The molecular formula is C11H17NO2S2. The lowest BCUT2D eigenvalue weighted by atomic mass is 10.1.